The van der Waals surface area contributed by atoms with Gasteiger partial charge in [-0.1, -0.05) is 6.07 Å². The number of methoxy groups -OCH3 is 1. The fourth-order valence-electron chi connectivity index (χ4n) is 2.68. The van der Waals surface area contributed by atoms with E-state index >= 15 is 0 Å². The second kappa shape index (κ2) is 8.70. The van der Waals surface area contributed by atoms with Crippen LogP contribution in [0.3, 0.4) is 0 Å². The number of carbonyl (C=O) groups is 1. The Labute approximate surface area is 145 Å². The molecule has 2 rings (SSSR count). The van der Waals surface area contributed by atoms with Gasteiger partial charge < -0.3 is 34.6 Å². The number of hydrogen-bond acceptors (Lipinski definition) is 8. The number of rotatable bonds is 7. The topological polar surface area (TPSA) is 126 Å². The Balaban J connectivity index is 1.96. The number of ether oxygens (including phenoxy) is 3. The van der Waals surface area contributed by atoms with Gasteiger partial charge in [0.1, 0.15) is 30.2 Å². The third kappa shape index (κ3) is 4.55. The van der Waals surface area contributed by atoms with E-state index < -0.39 is 37.3 Å². The van der Waals surface area contributed by atoms with E-state index in [4.69, 9.17) is 19.3 Å². The maximum absolute atomic E-state index is 11.6. The molecule has 1 aromatic carbocycles. The molecule has 1 heterocycles. The van der Waals surface area contributed by atoms with E-state index in [0.717, 1.165) is 5.56 Å². The van der Waals surface area contributed by atoms with Crippen molar-refractivity contribution in [1.82, 2.24) is 0 Å². The highest BCUT2D eigenvalue weighted by molar-refractivity contribution is 5.97. The molecule has 1 aliphatic rings. The van der Waals surface area contributed by atoms with Crippen LogP contribution in [-0.2, 0) is 15.9 Å². The number of aliphatic hydroxyl groups is 4. The minimum absolute atomic E-state index is 0.117. The normalized spacial score (nSPS) is 29.4. The Morgan fingerprint density at radius 3 is 2.52 bits per heavy atom. The van der Waals surface area contributed by atoms with Crippen LogP contribution in [0, 0.1) is 0 Å². The van der Waals surface area contributed by atoms with E-state index in [1.54, 1.807) is 18.2 Å². The summed E-state index contributed by atoms with van der Waals surface area (Å²) >= 11 is 0. The zero-order chi connectivity index (χ0) is 18.6. The van der Waals surface area contributed by atoms with Crippen LogP contribution in [0.4, 0.5) is 0 Å². The predicted octanol–water partition coefficient (Wildman–Crippen LogP) is -0.743. The van der Waals surface area contributed by atoms with Gasteiger partial charge in [-0.3, -0.25) is 4.79 Å². The summed E-state index contributed by atoms with van der Waals surface area (Å²) in [6, 6.07) is 5.19. The van der Waals surface area contributed by atoms with Crippen molar-refractivity contribution < 1.29 is 39.4 Å². The third-order valence-corrected chi connectivity index (χ3v) is 4.16. The Morgan fingerprint density at radius 1 is 1.20 bits per heavy atom. The molecule has 0 spiro atoms. The molecule has 8 nitrogen and oxygen atoms in total. The van der Waals surface area contributed by atoms with Crippen molar-refractivity contribution in [2.24, 2.45) is 0 Å². The van der Waals surface area contributed by atoms with E-state index in [2.05, 4.69) is 0 Å². The fourth-order valence-corrected chi connectivity index (χ4v) is 2.68. The van der Waals surface area contributed by atoms with E-state index in [0.29, 0.717) is 17.7 Å². The van der Waals surface area contributed by atoms with Crippen LogP contribution >= 0.6 is 0 Å². The quantitative estimate of drug-likeness (QED) is 0.471. The molecule has 0 radical (unpaired) electrons. The number of hydrogen-bond donors (Lipinski definition) is 4. The molecular weight excluding hydrogens is 332 g/mol. The van der Waals surface area contributed by atoms with Crippen LogP contribution in [0.2, 0.25) is 0 Å². The maximum atomic E-state index is 11.6. The standard InChI is InChI=1S/C17H24O8/c1-9(19)11-7-10(3-4-12(11)23-2)5-6-24-17-16(22)15(21)14(20)13(8-18)25-17/h3-4,7,13-18,20-22H,5-6,8H2,1-2H3/t13-,14-,15+,16-,17-/m1/s1. The molecule has 0 amide bonds. The monoisotopic (exact) mass is 356 g/mol. The number of benzene rings is 1. The van der Waals surface area contributed by atoms with Gasteiger partial charge in [-0.2, -0.15) is 0 Å². The molecule has 1 aliphatic heterocycles. The zero-order valence-corrected chi connectivity index (χ0v) is 14.2. The molecule has 0 saturated carbocycles. The lowest BCUT2D eigenvalue weighted by Gasteiger charge is -2.39. The molecule has 25 heavy (non-hydrogen) atoms. The minimum atomic E-state index is -1.47. The van der Waals surface area contributed by atoms with Crippen LogP contribution < -0.4 is 4.74 Å². The first-order valence-corrected chi connectivity index (χ1v) is 7.99. The van der Waals surface area contributed by atoms with Gasteiger partial charge in [0, 0.05) is 0 Å². The molecule has 1 saturated heterocycles. The molecule has 1 aromatic rings. The van der Waals surface area contributed by atoms with Crippen molar-refractivity contribution in [3.63, 3.8) is 0 Å². The van der Waals surface area contributed by atoms with Gasteiger partial charge in [0.15, 0.2) is 12.1 Å². The van der Waals surface area contributed by atoms with Crippen LogP contribution in [0.5, 0.6) is 5.75 Å². The lowest BCUT2D eigenvalue weighted by atomic mass is 9.99. The second-order valence-electron chi connectivity index (χ2n) is 5.91. The van der Waals surface area contributed by atoms with Crippen molar-refractivity contribution in [3.8, 4) is 5.75 Å². The van der Waals surface area contributed by atoms with E-state index in [1.165, 1.54) is 14.0 Å². The first-order chi connectivity index (χ1) is 11.9. The summed E-state index contributed by atoms with van der Waals surface area (Å²) in [7, 11) is 1.49. The minimum Gasteiger partial charge on any atom is -0.496 e. The molecule has 0 unspecified atom stereocenters. The number of ketones is 1. The maximum Gasteiger partial charge on any atom is 0.186 e. The Morgan fingerprint density at radius 2 is 1.92 bits per heavy atom. The van der Waals surface area contributed by atoms with Gasteiger partial charge in [0.25, 0.3) is 0 Å². The molecule has 0 bridgehead atoms. The van der Waals surface area contributed by atoms with Crippen molar-refractivity contribution in [3.05, 3.63) is 29.3 Å². The van der Waals surface area contributed by atoms with E-state index in [1.807, 2.05) is 0 Å². The highest BCUT2D eigenvalue weighted by atomic mass is 16.7. The van der Waals surface area contributed by atoms with Gasteiger partial charge in [-0.05, 0) is 31.0 Å². The molecule has 5 atom stereocenters. The van der Waals surface area contributed by atoms with Crippen LogP contribution in [0.1, 0.15) is 22.8 Å². The fraction of sp³-hybridized carbons (Fsp3) is 0.588. The van der Waals surface area contributed by atoms with Gasteiger partial charge in [0.05, 0.1) is 25.9 Å². The number of carbonyl (C=O) groups excluding carboxylic acids is 1. The molecule has 8 heteroatoms. The summed E-state index contributed by atoms with van der Waals surface area (Å²) in [5.74, 6) is 0.375. The molecule has 0 aromatic heterocycles. The zero-order valence-electron chi connectivity index (χ0n) is 14.2. The van der Waals surface area contributed by atoms with Crippen molar-refractivity contribution in [2.45, 2.75) is 44.1 Å². The largest absolute Gasteiger partial charge is 0.496 e. The highest BCUT2D eigenvalue weighted by Crippen LogP contribution is 2.23. The Kier molecular flexibility index (Phi) is 6.88. The van der Waals surface area contributed by atoms with Crippen LogP contribution in [0.15, 0.2) is 18.2 Å². The molecule has 1 fully saturated rings. The SMILES string of the molecule is COc1ccc(CCO[C@@H]2O[C@H](CO)[C@@H](O)[C@H](O)[C@H]2O)cc1C(C)=O. The molecular formula is C17H24O8. The van der Waals surface area contributed by atoms with Crippen molar-refractivity contribution >= 4 is 5.78 Å². The smallest absolute Gasteiger partial charge is 0.186 e. The molecule has 4 N–H and O–H groups in total. The lowest BCUT2D eigenvalue weighted by molar-refractivity contribution is -0.300. The van der Waals surface area contributed by atoms with Gasteiger partial charge in [-0.25, -0.2) is 0 Å². The van der Waals surface area contributed by atoms with Gasteiger partial charge in [-0.15, -0.1) is 0 Å². The number of Topliss-reactive ketones (excluding diaryl/α,β-unsaturated/α-hetero) is 1. The Hall–Kier alpha value is -1.55. The summed E-state index contributed by atoms with van der Waals surface area (Å²) in [5, 5.41) is 38.5. The number of aliphatic hydroxyl groups excluding tert-OH is 4. The average molecular weight is 356 g/mol. The first-order valence-electron chi connectivity index (χ1n) is 7.99. The van der Waals surface area contributed by atoms with E-state index in [9.17, 15) is 20.1 Å². The Bertz CT molecular complexity index is 588. The summed E-state index contributed by atoms with van der Waals surface area (Å²) in [4.78, 5) is 11.6. The highest BCUT2D eigenvalue weighted by Gasteiger charge is 2.43. The summed E-state index contributed by atoms with van der Waals surface area (Å²) in [6.45, 7) is 1.09. The van der Waals surface area contributed by atoms with Gasteiger partial charge >= 0.3 is 0 Å². The summed E-state index contributed by atoms with van der Waals surface area (Å²) in [6.07, 6.45) is -6.06. The lowest BCUT2D eigenvalue weighted by Crippen LogP contribution is -2.59. The molecule has 140 valence electrons. The second-order valence-corrected chi connectivity index (χ2v) is 5.91. The average Bonchev–Trinajstić information content (AvgIpc) is 2.61. The summed E-state index contributed by atoms with van der Waals surface area (Å²) < 4.78 is 15.8. The van der Waals surface area contributed by atoms with E-state index in [-0.39, 0.29) is 12.4 Å². The van der Waals surface area contributed by atoms with Gasteiger partial charge in [0.2, 0.25) is 0 Å². The van der Waals surface area contributed by atoms with Crippen molar-refractivity contribution in [1.29, 1.82) is 0 Å². The predicted molar refractivity (Wildman–Crippen MR) is 86.4 cm³/mol. The van der Waals surface area contributed by atoms with Crippen LogP contribution in [-0.4, -0.2) is 77.2 Å². The summed E-state index contributed by atoms with van der Waals surface area (Å²) in [5.41, 5.74) is 1.29. The first kappa shape index (κ1) is 19.8. The van der Waals surface area contributed by atoms with Crippen LogP contribution in [0.25, 0.3) is 0 Å². The molecule has 0 aliphatic carbocycles. The van der Waals surface area contributed by atoms with Crippen molar-refractivity contribution in [2.75, 3.05) is 20.3 Å². The third-order valence-electron chi connectivity index (χ3n) is 4.16.